The van der Waals surface area contributed by atoms with Crippen molar-refractivity contribution in [2.75, 3.05) is 17.6 Å². The molecule has 1 N–H and O–H groups in total. The Morgan fingerprint density at radius 1 is 1.07 bits per heavy atom. The lowest BCUT2D eigenvalue weighted by molar-refractivity contribution is -0.137. The molecule has 1 aliphatic rings. The molecule has 0 saturated carbocycles. The van der Waals surface area contributed by atoms with Crippen LogP contribution in [0.15, 0.2) is 60.0 Å². The summed E-state index contributed by atoms with van der Waals surface area (Å²) in [5.74, 6) is -0.468. The van der Waals surface area contributed by atoms with Gasteiger partial charge < -0.3 is 10.2 Å². The summed E-state index contributed by atoms with van der Waals surface area (Å²) in [7, 11) is 0. The lowest BCUT2D eigenvalue weighted by Crippen LogP contribution is -2.39. The Bertz CT molecular complexity index is 865. The molecule has 4 nitrogen and oxygen atoms in total. The summed E-state index contributed by atoms with van der Waals surface area (Å²) in [6.45, 7) is -0.221. The summed E-state index contributed by atoms with van der Waals surface area (Å²) in [5, 5.41) is 4.35. The molecule has 8 heteroatoms. The van der Waals surface area contributed by atoms with Gasteiger partial charge >= 0.3 is 6.18 Å². The van der Waals surface area contributed by atoms with Gasteiger partial charge in [-0.1, -0.05) is 30.3 Å². The van der Waals surface area contributed by atoms with Crippen LogP contribution >= 0.6 is 11.8 Å². The number of nitrogens with zero attached hydrogens (tertiary/aromatic N) is 1. The topological polar surface area (TPSA) is 49.4 Å². The molecule has 0 saturated heterocycles. The van der Waals surface area contributed by atoms with Crippen LogP contribution in [0.1, 0.15) is 11.1 Å². The number of amides is 2. The number of hydrogen-bond donors (Lipinski definition) is 1. The molecule has 2 amide bonds. The van der Waals surface area contributed by atoms with Crippen molar-refractivity contribution in [1.29, 1.82) is 0 Å². The number of nitrogens with one attached hydrogen (secondary N) is 1. The monoisotopic (exact) mass is 392 g/mol. The van der Waals surface area contributed by atoms with Gasteiger partial charge in [0.05, 0.1) is 17.0 Å². The average Bonchev–Trinajstić information content (AvgIpc) is 2.64. The summed E-state index contributed by atoms with van der Waals surface area (Å²) < 4.78 is 37.8. The molecule has 0 atom stereocenters. The minimum absolute atomic E-state index is 0.205. The molecule has 0 fully saturated rings. The van der Waals surface area contributed by atoms with Crippen LogP contribution in [0.25, 0.3) is 5.70 Å². The van der Waals surface area contributed by atoms with Crippen LogP contribution in [0.5, 0.6) is 0 Å². The highest BCUT2D eigenvalue weighted by molar-refractivity contribution is 8.03. The van der Waals surface area contributed by atoms with Crippen molar-refractivity contribution in [2.45, 2.75) is 6.18 Å². The van der Waals surface area contributed by atoms with E-state index in [-0.39, 0.29) is 23.9 Å². The highest BCUT2D eigenvalue weighted by Gasteiger charge is 2.30. The van der Waals surface area contributed by atoms with Crippen molar-refractivity contribution in [3.63, 3.8) is 0 Å². The van der Waals surface area contributed by atoms with E-state index >= 15 is 0 Å². The van der Waals surface area contributed by atoms with Crippen molar-refractivity contribution in [3.8, 4) is 0 Å². The fraction of sp³-hybridized carbons (Fsp3) is 0.158. The Morgan fingerprint density at radius 3 is 2.37 bits per heavy atom. The molecule has 0 unspecified atom stereocenters. The quantitative estimate of drug-likeness (QED) is 0.848. The summed E-state index contributed by atoms with van der Waals surface area (Å²) in [5.41, 5.74) is 0.870. The Balaban J connectivity index is 1.71. The lowest BCUT2D eigenvalue weighted by atomic mass is 10.1. The second-order valence-corrected chi connectivity index (χ2v) is 6.64. The molecule has 0 spiro atoms. The van der Waals surface area contributed by atoms with Crippen LogP contribution < -0.4 is 5.32 Å². The maximum atomic E-state index is 12.6. The highest BCUT2D eigenvalue weighted by Crippen LogP contribution is 2.30. The first kappa shape index (κ1) is 19.0. The molecular weight excluding hydrogens is 377 g/mol. The number of anilines is 1. The Kier molecular flexibility index (Phi) is 5.55. The molecule has 0 radical (unpaired) electrons. The zero-order valence-corrected chi connectivity index (χ0v) is 14.8. The first-order valence-electron chi connectivity index (χ1n) is 7.99. The molecule has 2 aromatic rings. The molecule has 27 heavy (non-hydrogen) atoms. The number of carbonyl (C=O) groups excluding carboxylic acids is 2. The number of benzene rings is 2. The number of rotatable bonds is 4. The van der Waals surface area contributed by atoms with E-state index in [0.717, 1.165) is 17.7 Å². The molecule has 1 aliphatic heterocycles. The van der Waals surface area contributed by atoms with Gasteiger partial charge in [-0.25, -0.2) is 0 Å². The molecule has 2 aromatic carbocycles. The van der Waals surface area contributed by atoms with E-state index in [2.05, 4.69) is 5.32 Å². The molecule has 0 aliphatic carbocycles. The maximum Gasteiger partial charge on any atom is 0.416 e. The van der Waals surface area contributed by atoms with E-state index in [1.54, 1.807) is 0 Å². The predicted molar refractivity (Wildman–Crippen MR) is 98.7 cm³/mol. The van der Waals surface area contributed by atoms with Crippen molar-refractivity contribution in [2.24, 2.45) is 0 Å². The van der Waals surface area contributed by atoms with Crippen LogP contribution in [0.2, 0.25) is 0 Å². The second kappa shape index (κ2) is 7.87. The lowest BCUT2D eigenvalue weighted by Gasteiger charge is -2.28. The summed E-state index contributed by atoms with van der Waals surface area (Å²) in [6.07, 6.45) is -4.43. The summed E-state index contributed by atoms with van der Waals surface area (Å²) >= 11 is 1.35. The van der Waals surface area contributed by atoms with Gasteiger partial charge in [0.2, 0.25) is 11.8 Å². The minimum atomic E-state index is -4.43. The van der Waals surface area contributed by atoms with E-state index in [1.165, 1.54) is 28.8 Å². The number of alkyl halides is 3. The van der Waals surface area contributed by atoms with Gasteiger partial charge in [-0.3, -0.25) is 9.59 Å². The average molecular weight is 392 g/mol. The maximum absolute atomic E-state index is 12.6. The van der Waals surface area contributed by atoms with Crippen molar-refractivity contribution >= 4 is 35.0 Å². The Morgan fingerprint density at radius 2 is 1.74 bits per heavy atom. The number of halogens is 3. The van der Waals surface area contributed by atoms with E-state index in [1.807, 2.05) is 35.7 Å². The first-order valence-corrected chi connectivity index (χ1v) is 9.04. The molecule has 3 rings (SSSR count). The Labute approximate surface area is 158 Å². The normalized spacial score (nSPS) is 14.7. The van der Waals surface area contributed by atoms with Crippen LogP contribution in [0.4, 0.5) is 18.9 Å². The van der Waals surface area contributed by atoms with E-state index in [9.17, 15) is 22.8 Å². The van der Waals surface area contributed by atoms with E-state index < -0.39 is 17.6 Å². The third-order valence-corrected chi connectivity index (χ3v) is 4.66. The zero-order chi connectivity index (χ0) is 19.4. The standard InChI is InChI=1S/C19H15F3N2O2S/c20-19(21,22)14-6-8-15(9-7-14)23-17(25)10-24-16(11-27-12-18(24)26)13-4-2-1-3-5-13/h1-9,11H,10,12H2,(H,23,25). The van der Waals surface area contributed by atoms with Crippen LogP contribution in [-0.2, 0) is 15.8 Å². The number of carbonyl (C=O) groups is 2. The van der Waals surface area contributed by atoms with Gasteiger partial charge in [0.1, 0.15) is 6.54 Å². The van der Waals surface area contributed by atoms with Crippen LogP contribution in [-0.4, -0.2) is 29.0 Å². The van der Waals surface area contributed by atoms with Crippen molar-refractivity contribution < 1.29 is 22.8 Å². The predicted octanol–water partition coefficient (Wildman–Crippen LogP) is 4.22. The highest BCUT2D eigenvalue weighted by atomic mass is 32.2. The van der Waals surface area contributed by atoms with Gasteiger partial charge in [-0.15, -0.1) is 11.8 Å². The number of hydrogen-bond acceptors (Lipinski definition) is 3. The second-order valence-electron chi connectivity index (χ2n) is 5.78. The Hall–Kier alpha value is -2.74. The molecule has 0 aromatic heterocycles. The third-order valence-electron chi connectivity index (χ3n) is 3.86. The SMILES string of the molecule is O=C(CN1C(=O)CSC=C1c1ccccc1)Nc1ccc(C(F)(F)F)cc1. The molecule has 140 valence electrons. The van der Waals surface area contributed by atoms with Gasteiger partial charge in [0, 0.05) is 5.69 Å². The van der Waals surface area contributed by atoms with Gasteiger partial charge in [0.15, 0.2) is 0 Å². The number of thioether (sulfide) groups is 1. The molecule has 0 bridgehead atoms. The van der Waals surface area contributed by atoms with Crippen molar-refractivity contribution in [1.82, 2.24) is 4.90 Å². The van der Waals surface area contributed by atoms with Crippen LogP contribution in [0.3, 0.4) is 0 Å². The van der Waals surface area contributed by atoms with E-state index in [4.69, 9.17) is 0 Å². The molecular formula is C19H15F3N2O2S. The largest absolute Gasteiger partial charge is 0.416 e. The van der Waals surface area contributed by atoms with Gasteiger partial charge in [-0.05, 0) is 35.2 Å². The van der Waals surface area contributed by atoms with Crippen molar-refractivity contribution in [3.05, 3.63) is 71.1 Å². The fourth-order valence-corrected chi connectivity index (χ4v) is 3.36. The third kappa shape index (κ3) is 4.71. The smallest absolute Gasteiger partial charge is 0.325 e. The fourth-order valence-electron chi connectivity index (χ4n) is 2.56. The van der Waals surface area contributed by atoms with Gasteiger partial charge in [0.25, 0.3) is 0 Å². The zero-order valence-electron chi connectivity index (χ0n) is 14.0. The minimum Gasteiger partial charge on any atom is -0.325 e. The van der Waals surface area contributed by atoms with Gasteiger partial charge in [-0.2, -0.15) is 13.2 Å². The first-order chi connectivity index (χ1) is 12.8. The van der Waals surface area contributed by atoms with E-state index in [0.29, 0.717) is 5.70 Å². The summed E-state index contributed by atoms with van der Waals surface area (Å²) in [4.78, 5) is 26.0. The van der Waals surface area contributed by atoms with Crippen LogP contribution in [0, 0.1) is 0 Å². The molecule has 1 heterocycles. The summed E-state index contributed by atoms with van der Waals surface area (Å²) in [6, 6.07) is 13.4.